The van der Waals surface area contributed by atoms with Gasteiger partial charge in [-0.1, -0.05) is 12.8 Å². The van der Waals surface area contributed by atoms with Crippen LogP contribution in [0.25, 0.3) is 11.6 Å². The van der Waals surface area contributed by atoms with E-state index >= 15 is 0 Å². The molecular weight excluding hydrogens is 426 g/mol. The van der Waals surface area contributed by atoms with Gasteiger partial charge in [0.2, 0.25) is 17.6 Å². The molecule has 33 heavy (non-hydrogen) atoms. The molecule has 0 radical (unpaired) electrons. The van der Waals surface area contributed by atoms with E-state index in [0.29, 0.717) is 17.1 Å². The van der Waals surface area contributed by atoms with Crippen LogP contribution in [-0.2, 0) is 16.1 Å². The number of hydrogen-bond acceptors (Lipinski definition) is 8. The lowest BCUT2D eigenvalue weighted by atomic mass is 10.0. The second-order valence-corrected chi connectivity index (χ2v) is 8.04. The van der Waals surface area contributed by atoms with Crippen molar-refractivity contribution in [2.24, 2.45) is 0 Å². The van der Waals surface area contributed by atoms with Crippen molar-refractivity contribution in [1.82, 2.24) is 35.4 Å². The summed E-state index contributed by atoms with van der Waals surface area (Å²) < 4.78 is 5.50. The Labute approximate surface area is 190 Å². The average molecular weight is 454 g/mol. The third-order valence-corrected chi connectivity index (χ3v) is 5.63. The fourth-order valence-corrected chi connectivity index (χ4v) is 4.05. The standard InChI is InChI=1S/C22H27N7O4/c1-15-6-7-18(33-15)21-25-27-29(26-21)14-19(31)28(12-13-30)20(16-8-10-23-11-9-16)22(32)24-17-4-2-3-5-17/h6-11,17,20,30H,2-5,12-14H2,1H3,(H,24,32). The van der Waals surface area contributed by atoms with Gasteiger partial charge in [-0.25, -0.2) is 0 Å². The number of carbonyl (C=O) groups is 2. The molecule has 0 saturated heterocycles. The van der Waals surface area contributed by atoms with E-state index in [1.807, 2.05) is 0 Å². The van der Waals surface area contributed by atoms with E-state index in [9.17, 15) is 14.7 Å². The van der Waals surface area contributed by atoms with E-state index in [2.05, 4.69) is 25.7 Å². The summed E-state index contributed by atoms with van der Waals surface area (Å²) in [6, 6.07) is 6.08. The first kappa shape index (κ1) is 22.6. The third-order valence-electron chi connectivity index (χ3n) is 5.63. The van der Waals surface area contributed by atoms with Gasteiger partial charge in [0.15, 0.2) is 5.76 Å². The van der Waals surface area contributed by atoms with Crippen LogP contribution in [0.2, 0.25) is 0 Å². The van der Waals surface area contributed by atoms with Crippen LogP contribution < -0.4 is 5.32 Å². The van der Waals surface area contributed by atoms with Crippen LogP contribution in [0.4, 0.5) is 0 Å². The number of nitrogens with zero attached hydrogens (tertiary/aromatic N) is 6. The van der Waals surface area contributed by atoms with Gasteiger partial charge in [0.1, 0.15) is 18.3 Å². The summed E-state index contributed by atoms with van der Waals surface area (Å²) in [7, 11) is 0. The highest BCUT2D eigenvalue weighted by atomic mass is 16.3. The zero-order valence-corrected chi connectivity index (χ0v) is 18.4. The monoisotopic (exact) mass is 453 g/mol. The highest BCUT2D eigenvalue weighted by Gasteiger charge is 2.33. The van der Waals surface area contributed by atoms with Gasteiger partial charge in [0.05, 0.1) is 6.61 Å². The molecule has 0 spiro atoms. The van der Waals surface area contributed by atoms with Gasteiger partial charge in [-0.3, -0.25) is 14.6 Å². The molecule has 1 unspecified atom stereocenters. The summed E-state index contributed by atoms with van der Waals surface area (Å²) in [4.78, 5) is 33.1. The number of aliphatic hydroxyl groups excluding tert-OH is 1. The molecule has 1 aliphatic carbocycles. The molecule has 4 rings (SSSR count). The van der Waals surface area contributed by atoms with Gasteiger partial charge in [-0.05, 0) is 54.8 Å². The fourth-order valence-electron chi connectivity index (χ4n) is 4.05. The molecule has 1 saturated carbocycles. The molecule has 11 nitrogen and oxygen atoms in total. The molecule has 3 heterocycles. The predicted octanol–water partition coefficient (Wildman–Crippen LogP) is 1.26. The quantitative estimate of drug-likeness (QED) is 0.494. The van der Waals surface area contributed by atoms with Crippen molar-refractivity contribution in [3.05, 3.63) is 48.0 Å². The van der Waals surface area contributed by atoms with Crippen molar-refractivity contribution in [2.75, 3.05) is 13.2 Å². The normalized spacial score (nSPS) is 14.8. The lowest BCUT2D eigenvalue weighted by Gasteiger charge is -2.31. The maximum atomic E-state index is 13.3. The molecule has 3 aromatic heterocycles. The number of carbonyl (C=O) groups excluding carboxylic acids is 2. The molecule has 1 atom stereocenters. The Morgan fingerprint density at radius 3 is 2.67 bits per heavy atom. The largest absolute Gasteiger partial charge is 0.458 e. The van der Waals surface area contributed by atoms with E-state index < -0.39 is 11.9 Å². The molecule has 0 bridgehead atoms. The van der Waals surface area contributed by atoms with Crippen molar-refractivity contribution in [2.45, 2.75) is 51.2 Å². The number of furan rings is 1. The second kappa shape index (κ2) is 10.3. The summed E-state index contributed by atoms with van der Waals surface area (Å²) in [5, 5.41) is 24.8. The molecule has 3 aromatic rings. The first-order valence-corrected chi connectivity index (χ1v) is 11.0. The van der Waals surface area contributed by atoms with Crippen LogP contribution >= 0.6 is 0 Å². The zero-order chi connectivity index (χ0) is 23.2. The van der Waals surface area contributed by atoms with Crippen LogP contribution in [0.15, 0.2) is 41.1 Å². The molecular formula is C22H27N7O4. The minimum Gasteiger partial charge on any atom is -0.458 e. The van der Waals surface area contributed by atoms with Crippen molar-refractivity contribution >= 4 is 11.8 Å². The Morgan fingerprint density at radius 2 is 2.00 bits per heavy atom. The molecule has 1 fully saturated rings. The van der Waals surface area contributed by atoms with Gasteiger partial charge in [-0.2, -0.15) is 4.80 Å². The summed E-state index contributed by atoms with van der Waals surface area (Å²) in [5.74, 6) is 0.707. The first-order valence-electron chi connectivity index (χ1n) is 11.0. The average Bonchev–Trinajstić information content (AvgIpc) is 3.57. The Hall–Kier alpha value is -3.60. The second-order valence-electron chi connectivity index (χ2n) is 8.04. The lowest BCUT2D eigenvalue weighted by molar-refractivity contribution is -0.142. The van der Waals surface area contributed by atoms with Gasteiger partial charge in [-0.15, -0.1) is 10.2 Å². The maximum absolute atomic E-state index is 13.3. The Balaban J connectivity index is 1.55. The summed E-state index contributed by atoms with van der Waals surface area (Å²) in [5.41, 5.74) is 0.612. The van der Waals surface area contributed by atoms with Crippen LogP contribution in [-0.4, -0.2) is 66.2 Å². The zero-order valence-electron chi connectivity index (χ0n) is 18.4. The van der Waals surface area contributed by atoms with Gasteiger partial charge < -0.3 is 19.7 Å². The van der Waals surface area contributed by atoms with Crippen molar-refractivity contribution in [3.63, 3.8) is 0 Å². The van der Waals surface area contributed by atoms with E-state index in [-0.39, 0.29) is 37.5 Å². The van der Waals surface area contributed by atoms with Gasteiger partial charge in [0, 0.05) is 25.0 Å². The van der Waals surface area contributed by atoms with Crippen LogP contribution in [0.5, 0.6) is 0 Å². The lowest BCUT2D eigenvalue weighted by Crippen LogP contribution is -2.48. The number of aromatic nitrogens is 5. The topological polar surface area (TPSA) is 139 Å². The number of pyridine rings is 1. The molecule has 2 N–H and O–H groups in total. The molecule has 1 aliphatic rings. The Bertz CT molecular complexity index is 1080. The number of hydrogen-bond donors (Lipinski definition) is 2. The Morgan fingerprint density at radius 1 is 1.24 bits per heavy atom. The smallest absolute Gasteiger partial charge is 0.247 e. The first-order chi connectivity index (χ1) is 16.0. The van der Waals surface area contributed by atoms with Crippen LogP contribution in [0, 0.1) is 6.92 Å². The van der Waals surface area contributed by atoms with Crippen molar-refractivity contribution in [1.29, 1.82) is 0 Å². The highest BCUT2D eigenvalue weighted by Crippen LogP contribution is 2.24. The number of nitrogens with one attached hydrogen (secondary N) is 1. The maximum Gasteiger partial charge on any atom is 0.247 e. The molecule has 0 aliphatic heterocycles. The fraction of sp³-hybridized carbons (Fsp3) is 0.455. The number of aryl methyl sites for hydroxylation is 1. The minimum atomic E-state index is -0.913. The summed E-state index contributed by atoms with van der Waals surface area (Å²) >= 11 is 0. The molecule has 11 heteroatoms. The third kappa shape index (κ3) is 5.43. The summed E-state index contributed by atoms with van der Waals surface area (Å²) in [6.45, 7) is 1.24. The van der Waals surface area contributed by atoms with Crippen molar-refractivity contribution in [3.8, 4) is 11.6 Å². The highest BCUT2D eigenvalue weighted by molar-refractivity contribution is 5.88. The van der Waals surface area contributed by atoms with Gasteiger partial charge >= 0.3 is 0 Å². The van der Waals surface area contributed by atoms with E-state index in [1.54, 1.807) is 43.6 Å². The predicted molar refractivity (Wildman–Crippen MR) is 116 cm³/mol. The molecule has 2 amide bonds. The number of amides is 2. The number of aliphatic hydroxyl groups is 1. The number of tetrazole rings is 1. The van der Waals surface area contributed by atoms with E-state index in [0.717, 1.165) is 30.5 Å². The molecule has 0 aromatic carbocycles. The van der Waals surface area contributed by atoms with E-state index in [4.69, 9.17) is 4.42 Å². The van der Waals surface area contributed by atoms with Crippen LogP contribution in [0.3, 0.4) is 0 Å². The number of rotatable bonds is 9. The minimum absolute atomic E-state index is 0.0250. The SMILES string of the molecule is Cc1ccc(-c2nnn(CC(=O)N(CCO)C(C(=O)NC3CCCC3)c3ccncc3)n2)o1. The van der Waals surface area contributed by atoms with E-state index in [1.165, 1.54) is 4.90 Å². The van der Waals surface area contributed by atoms with Crippen molar-refractivity contribution < 1.29 is 19.1 Å². The van der Waals surface area contributed by atoms with Crippen LogP contribution in [0.1, 0.15) is 43.0 Å². The van der Waals surface area contributed by atoms with Gasteiger partial charge in [0.25, 0.3) is 0 Å². The molecule has 174 valence electrons. The summed E-state index contributed by atoms with van der Waals surface area (Å²) in [6.07, 6.45) is 7.12. The Kier molecular flexibility index (Phi) is 7.08.